The van der Waals surface area contributed by atoms with E-state index in [1.54, 1.807) is 28.9 Å². The van der Waals surface area contributed by atoms with Gasteiger partial charge in [0.15, 0.2) is 0 Å². The minimum atomic E-state index is -0.215. The fourth-order valence-corrected chi connectivity index (χ4v) is 2.71. The lowest BCUT2D eigenvalue weighted by molar-refractivity contribution is 0.102. The van der Waals surface area contributed by atoms with Crippen molar-refractivity contribution in [1.29, 1.82) is 0 Å². The standard InChI is InChI=1S/C17H18ClN5O/c1-4-23-16-7-5-11(9-14(16)20-21-23)17(24)19-13-10-12(18)6-8-15(13)22(2)3/h5-10H,4H2,1-3H3,(H,19,24). The Morgan fingerprint density at radius 2 is 2.04 bits per heavy atom. The highest BCUT2D eigenvalue weighted by Crippen LogP contribution is 2.28. The maximum atomic E-state index is 12.6. The van der Waals surface area contributed by atoms with Gasteiger partial charge in [0.1, 0.15) is 5.52 Å². The van der Waals surface area contributed by atoms with Crippen molar-refractivity contribution < 1.29 is 4.79 Å². The molecule has 24 heavy (non-hydrogen) atoms. The number of nitrogens with one attached hydrogen (secondary N) is 1. The number of halogens is 1. The number of carbonyl (C=O) groups is 1. The van der Waals surface area contributed by atoms with Gasteiger partial charge in [0.25, 0.3) is 5.91 Å². The Morgan fingerprint density at radius 3 is 2.75 bits per heavy atom. The summed E-state index contributed by atoms with van der Waals surface area (Å²) in [5.41, 5.74) is 3.67. The quantitative estimate of drug-likeness (QED) is 0.788. The predicted octanol–water partition coefficient (Wildman–Crippen LogP) is 3.42. The van der Waals surface area contributed by atoms with Crippen LogP contribution in [0.25, 0.3) is 11.0 Å². The van der Waals surface area contributed by atoms with Gasteiger partial charge in [-0.2, -0.15) is 0 Å². The van der Waals surface area contributed by atoms with Gasteiger partial charge in [-0.1, -0.05) is 16.8 Å². The van der Waals surface area contributed by atoms with Crippen LogP contribution in [-0.2, 0) is 6.54 Å². The monoisotopic (exact) mass is 343 g/mol. The molecule has 1 aromatic heterocycles. The molecule has 1 amide bonds. The number of rotatable bonds is 4. The van der Waals surface area contributed by atoms with Crippen molar-refractivity contribution in [2.75, 3.05) is 24.3 Å². The van der Waals surface area contributed by atoms with Crippen molar-refractivity contribution in [3.05, 3.63) is 47.0 Å². The largest absolute Gasteiger partial charge is 0.376 e. The highest BCUT2D eigenvalue weighted by molar-refractivity contribution is 6.31. The molecule has 1 heterocycles. The zero-order valence-corrected chi connectivity index (χ0v) is 14.5. The van der Waals surface area contributed by atoms with Crippen LogP contribution >= 0.6 is 11.6 Å². The average molecular weight is 344 g/mol. The first-order valence-corrected chi connectivity index (χ1v) is 7.99. The Bertz CT molecular complexity index is 903. The Hall–Kier alpha value is -2.60. The zero-order valence-electron chi connectivity index (χ0n) is 13.7. The minimum absolute atomic E-state index is 0.215. The number of aromatic nitrogens is 3. The molecule has 124 valence electrons. The maximum absolute atomic E-state index is 12.6. The number of fused-ring (bicyclic) bond motifs is 1. The summed E-state index contributed by atoms with van der Waals surface area (Å²) in [6.07, 6.45) is 0. The SMILES string of the molecule is CCn1nnc2cc(C(=O)Nc3cc(Cl)ccc3N(C)C)ccc21. The van der Waals surface area contributed by atoms with E-state index in [1.165, 1.54) is 0 Å². The molecule has 0 unspecified atom stereocenters. The molecule has 0 aliphatic heterocycles. The molecule has 0 saturated heterocycles. The van der Waals surface area contributed by atoms with Gasteiger partial charge in [-0.25, -0.2) is 4.68 Å². The molecular weight excluding hydrogens is 326 g/mol. The van der Waals surface area contributed by atoms with Gasteiger partial charge in [0.2, 0.25) is 0 Å². The van der Waals surface area contributed by atoms with Crippen LogP contribution in [0, 0.1) is 0 Å². The lowest BCUT2D eigenvalue weighted by Crippen LogP contribution is -2.16. The zero-order chi connectivity index (χ0) is 17.3. The van der Waals surface area contributed by atoms with Crippen LogP contribution in [0.2, 0.25) is 5.02 Å². The summed E-state index contributed by atoms with van der Waals surface area (Å²) in [4.78, 5) is 14.5. The molecule has 3 rings (SSSR count). The third-order valence-electron chi connectivity index (χ3n) is 3.76. The molecule has 0 aliphatic rings. The van der Waals surface area contributed by atoms with Crippen molar-refractivity contribution in [1.82, 2.24) is 15.0 Å². The van der Waals surface area contributed by atoms with E-state index in [9.17, 15) is 4.79 Å². The van der Waals surface area contributed by atoms with Gasteiger partial charge in [-0.3, -0.25) is 4.79 Å². The molecule has 6 nitrogen and oxygen atoms in total. The summed E-state index contributed by atoms with van der Waals surface area (Å²) < 4.78 is 1.79. The Kier molecular flexibility index (Phi) is 4.40. The van der Waals surface area contributed by atoms with Crippen LogP contribution in [0.1, 0.15) is 17.3 Å². The molecule has 0 aliphatic carbocycles. The van der Waals surface area contributed by atoms with Gasteiger partial charge in [0, 0.05) is 31.2 Å². The highest BCUT2D eigenvalue weighted by atomic mass is 35.5. The van der Waals surface area contributed by atoms with Crippen molar-refractivity contribution in [2.24, 2.45) is 0 Å². The van der Waals surface area contributed by atoms with Crippen molar-refractivity contribution >= 4 is 39.9 Å². The third kappa shape index (κ3) is 3.05. The van der Waals surface area contributed by atoms with Crippen LogP contribution in [-0.4, -0.2) is 35.0 Å². The highest BCUT2D eigenvalue weighted by Gasteiger charge is 2.13. The minimum Gasteiger partial charge on any atom is -0.376 e. The molecule has 0 bridgehead atoms. The number of carbonyl (C=O) groups excluding carboxylic acids is 1. The van der Waals surface area contributed by atoms with Crippen LogP contribution in [0.5, 0.6) is 0 Å². The number of hydrogen-bond donors (Lipinski definition) is 1. The average Bonchev–Trinajstić information content (AvgIpc) is 2.96. The second kappa shape index (κ2) is 6.49. The molecular formula is C17H18ClN5O. The van der Waals surface area contributed by atoms with Crippen LogP contribution in [0.4, 0.5) is 11.4 Å². The summed E-state index contributed by atoms with van der Waals surface area (Å²) in [5.74, 6) is -0.215. The second-order valence-corrected chi connectivity index (χ2v) is 6.06. The van der Waals surface area contributed by atoms with E-state index in [2.05, 4.69) is 15.6 Å². The van der Waals surface area contributed by atoms with E-state index >= 15 is 0 Å². The smallest absolute Gasteiger partial charge is 0.255 e. The summed E-state index contributed by atoms with van der Waals surface area (Å²) in [6.45, 7) is 2.73. The number of anilines is 2. The Balaban J connectivity index is 1.91. The first-order valence-electron chi connectivity index (χ1n) is 7.61. The van der Waals surface area contributed by atoms with Gasteiger partial charge in [-0.05, 0) is 43.3 Å². The van der Waals surface area contributed by atoms with E-state index in [0.29, 0.717) is 21.8 Å². The van der Waals surface area contributed by atoms with Gasteiger partial charge < -0.3 is 10.2 Å². The van der Waals surface area contributed by atoms with E-state index in [4.69, 9.17) is 11.6 Å². The summed E-state index contributed by atoms with van der Waals surface area (Å²) in [7, 11) is 3.82. The molecule has 0 spiro atoms. The summed E-state index contributed by atoms with van der Waals surface area (Å²) in [5, 5.41) is 11.6. The normalized spacial score (nSPS) is 10.8. The number of benzene rings is 2. The molecule has 3 aromatic rings. The van der Waals surface area contributed by atoms with Gasteiger partial charge in [0.05, 0.1) is 16.9 Å². The van der Waals surface area contributed by atoms with Crippen molar-refractivity contribution in [3.63, 3.8) is 0 Å². The fourth-order valence-electron chi connectivity index (χ4n) is 2.54. The molecule has 0 fully saturated rings. The number of nitrogens with zero attached hydrogens (tertiary/aromatic N) is 4. The first-order chi connectivity index (χ1) is 11.5. The van der Waals surface area contributed by atoms with Gasteiger partial charge in [-0.15, -0.1) is 5.10 Å². The second-order valence-electron chi connectivity index (χ2n) is 5.62. The summed E-state index contributed by atoms with van der Waals surface area (Å²) >= 11 is 6.06. The lowest BCUT2D eigenvalue weighted by Gasteiger charge is -2.18. The Morgan fingerprint density at radius 1 is 1.25 bits per heavy atom. The third-order valence-corrected chi connectivity index (χ3v) is 4.00. The molecule has 0 radical (unpaired) electrons. The predicted molar refractivity (Wildman–Crippen MR) is 96.9 cm³/mol. The van der Waals surface area contributed by atoms with Gasteiger partial charge >= 0.3 is 0 Å². The number of aryl methyl sites for hydroxylation is 1. The molecule has 7 heteroatoms. The molecule has 0 saturated carbocycles. The van der Waals surface area contributed by atoms with Crippen LogP contribution in [0.15, 0.2) is 36.4 Å². The maximum Gasteiger partial charge on any atom is 0.255 e. The molecule has 1 N–H and O–H groups in total. The van der Waals surface area contributed by atoms with E-state index in [0.717, 1.165) is 17.7 Å². The topological polar surface area (TPSA) is 63.1 Å². The van der Waals surface area contributed by atoms with Crippen molar-refractivity contribution in [2.45, 2.75) is 13.5 Å². The lowest BCUT2D eigenvalue weighted by atomic mass is 10.1. The van der Waals surface area contributed by atoms with E-state index in [1.807, 2.05) is 38.1 Å². The molecule has 0 atom stereocenters. The first kappa shape index (κ1) is 16.3. The summed E-state index contributed by atoms with van der Waals surface area (Å²) in [6, 6.07) is 10.8. The van der Waals surface area contributed by atoms with E-state index < -0.39 is 0 Å². The van der Waals surface area contributed by atoms with E-state index in [-0.39, 0.29) is 5.91 Å². The van der Waals surface area contributed by atoms with Crippen LogP contribution in [0.3, 0.4) is 0 Å². The molecule has 2 aromatic carbocycles. The Labute approximate surface area is 145 Å². The van der Waals surface area contributed by atoms with Crippen molar-refractivity contribution in [3.8, 4) is 0 Å². The number of amides is 1. The van der Waals surface area contributed by atoms with Crippen LogP contribution < -0.4 is 10.2 Å². The fraction of sp³-hybridized carbons (Fsp3) is 0.235. The number of hydrogen-bond acceptors (Lipinski definition) is 4.